The average molecular weight is 236 g/mol. The molecule has 5 heteroatoms. The number of hydrogen-bond donors (Lipinski definition) is 3. The van der Waals surface area contributed by atoms with Gasteiger partial charge in [-0.2, -0.15) is 0 Å². The minimum absolute atomic E-state index is 0.0705. The van der Waals surface area contributed by atoms with E-state index in [-0.39, 0.29) is 11.5 Å². The van der Waals surface area contributed by atoms with Crippen molar-refractivity contribution in [2.24, 2.45) is 0 Å². The van der Waals surface area contributed by atoms with Crippen molar-refractivity contribution in [3.63, 3.8) is 0 Å². The number of aromatic nitrogens is 1. The van der Waals surface area contributed by atoms with Crippen molar-refractivity contribution >= 4 is 11.3 Å². The van der Waals surface area contributed by atoms with E-state index in [1.807, 2.05) is 5.38 Å². The zero-order valence-corrected chi connectivity index (χ0v) is 9.37. The SMILES string of the molecule is Oc1ccc(CNCc2nccs2)c(O)c1. The fourth-order valence-corrected chi connectivity index (χ4v) is 1.93. The molecule has 0 saturated heterocycles. The Labute approximate surface area is 97.2 Å². The van der Waals surface area contributed by atoms with Crippen molar-refractivity contribution in [1.29, 1.82) is 0 Å². The van der Waals surface area contributed by atoms with Crippen LogP contribution in [-0.4, -0.2) is 15.2 Å². The maximum Gasteiger partial charge on any atom is 0.123 e. The standard InChI is InChI=1S/C11H12N2O2S/c14-9-2-1-8(10(15)5-9)6-12-7-11-13-3-4-16-11/h1-5,12,14-15H,6-7H2. The van der Waals surface area contributed by atoms with Gasteiger partial charge in [0.2, 0.25) is 0 Å². The number of phenolic OH excluding ortho intramolecular Hbond substituents is 2. The molecule has 16 heavy (non-hydrogen) atoms. The Hall–Kier alpha value is -1.59. The summed E-state index contributed by atoms with van der Waals surface area (Å²) in [4.78, 5) is 4.14. The van der Waals surface area contributed by atoms with Crippen molar-refractivity contribution in [1.82, 2.24) is 10.3 Å². The van der Waals surface area contributed by atoms with E-state index in [1.165, 1.54) is 6.07 Å². The third-order valence-corrected chi connectivity index (χ3v) is 2.92. The van der Waals surface area contributed by atoms with Crippen molar-refractivity contribution < 1.29 is 10.2 Å². The van der Waals surface area contributed by atoms with Gasteiger partial charge in [-0.15, -0.1) is 11.3 Å². The van der Waals surface area contributed by atoms with Crippen LogP contribution in [0.3, 0.4) is 0 Å². The monoisotopic (exact) mass is 236 g/mol. The summed E-state index contributed by atoms with van der Waals surface area (Å²) in [6.07, 6.45) is 1.76. The van der Waals surface area contributed by atoms with Gasteiger partial charge in [0.25, 0.3) is 0 Å². The van der Waals surface area contributed by atoms with E-state index in [1.54, 1.807) is 29.7 Å². The number of phenols is 2. The highest BCUT2D eigenvalue weighted by Crippen LogP contribution is 2.22. The van der Waals surface area contributed by atoms with Crippen LogP contribution >= 0.6 is 11.3 Å². The van der Waals surface area contributed by atoms with Gasteiger partial charge >= 0.3 is 0 Å². The first-order valence-corrected chi connectivity index (χ1v) is 5.73. The number of nitrogens with one attached hydrogen (secondary N) is 1. The third kappa shape index (κ3) is 2.71. The first-order valence-electron chi connectivity index (χ1n) is 4.85. The number of thiazole rings is 1. The smallest absolute Gasteiger partial charge is 0.123 e. The minimum Gasteiger partial charge on any atom is -0.508 e. The fraction of sp³-hybridized carbons (Fsp3) is 0.182. The maximum atomic E-state index is 9.54. The zero-order chi connectivity index (χ0) is 11.4. The van der Waals surface area contributed by atoms with E-state index in [2.05, 4.69) is 10.3 Å². The molecule has 0 spiro atoms. The molecule has 0 aliphatic carbocycles. The summed E-state index contributed by atoms with van der Waals surface area (Å²) in [5.41, 5.74) is 0.759. The highest BCUT2D eigenvalue weighted by Gasteiger charge is 2.02. The van der Waals surface area contributed by atoms with Crippen molar-refractivity contribution in [2.45, 2.75) is 13.1 Å². The van der Waals surface area contributed by atoms with Crippen LogP contribution in [0.5, 0.6) is 11.5 Å². The Kier molecular flexibility index (Phi) is 3.38. The molecule has 0 saturated carbocycles. The third-order valence-electron chi connectivity index (χ3n) is 2.14. The number of aromatic hydroxyl groups is 2. The molecule has 2 rings (SSSR count). The van der Waals surface area contributed by atoms with Gasteiger partial charge in [-0.1, -0.05) is 6.07 Å². The molecule has 84 valence electrons. The van der Waals surface area contributed by atoms with Gasteiger partial charge in [-0.3, -0.25) is 0 Å². The van der Waals surface area contributed by atoms with E-state index in [0.717, 1.165) is 10.6 Å². The Bertz CT molecular complexity index is 457. The molecule has 0 aliphatic heterocycles. The largest absolute Gasteiger partial charge is 0.508 e. The molecule has 0 atom stereocenters. The van der Waals surface area contributed by atoms with Gasteiger partial charge in [0.15, 0.2) is 0 Å². The van der Waals surface area contributed by atoms with Crippen LogP contribution in [0, 0.1) is 0 Å². The highest BCUT2D eigenvalue weighted by atomic mass is 32.1. The van der Waals surface area contributed by atoms with E-state index < -0.39 is 0 Å². The molecule has 3 N–H and O–H groups in total. The maximum absolute atomic E-state index is 9.54. The lowest BCUT2D eigenvalue weighted by molar-refractivity contribution is 0.443. The van der Waals surface area contributed by atoms with Crippen molar-refractivity contribution in [3.8, 4) is 11.5 Å². The molecule has 2 aromatic rings. The lowest BCUT2D eigenvalue weighted by Crippen LogP contribution is -2.12. The Morgan fingerprint density at radius 1 is 1.25 bits per heavy atom. The molecule has 4 nitrogen and oxygen atoms in total. The van der Waals surface area contributed by atoms with E-state index in [4.69, 9.17) is 5.11 Å². The first kappa shape index (κ1) is 10.9. The van der Waals surface area contributed by atoms with Crippen LogP contribution in [0.1, 0.15) is 10.6 Å². The highest BCUT2D eigenvalue weighted by molar-refractivity contribution is 7.09. The molecule has 0 amide bonds. The summed E-state index contributed by atoms with van der Waals surface area (Å²) in [5.74, 6) is 0.174. The molecular weight excluding hydrogens is 224 g/mol. The second kappa shape index (κ2) is 4.96. The van der Waals surface area contributed by atoms with E-state index in [0.29, 0.717) is 13.1 Å². The summed E-state index contributed by atoms with van der Waals surface area (Å²) in [6.45, 7) is 1.23. The van der Waals surface area contributed by atoms with Gasteiger partial charge < -0.3 is 15.5 Å². The summed E-state index contributed by atoms with van der Waals surface area (Å²) in [5, 5.41) is 24.8. The molecule has 1 aromatic carbocycles. The Balaban J connectivity index is 1.90. The summed E-state index contributed by atoms with van der Waals surface area (Å²) >= 11 is 1.59. The van der Waals surface area contributed by atoms with Crippen molar-refractivity contribution in [3.05, 3.63) is 40.3 Å². The second-order valence-electron chi connectivity index (χ2n) is 3.34. The zero-order valence-electron chi connectivity index (χ0n) is 8.55. The number of rotatable bonds is 4. The van der Waals surface area contributed by atoms with Gasteiger partial charge in [0.05, 0.1) is 0 Å². The predicted molar refractivity (Wildman–Crippen MR) is 62.4 cm³/mol. The van der Waals surface area contributed by atoms with Gasteiger partial charge in [0.1, 0.15) is 16.5 Å². The fourth-order valence-electron chi connectivity index (χ4n) is 1.35. The summed E-state index contributed by atoms with van der Waals surface area (Å²) in [6, 6.07) is 4.58. The van der Waals surface area contributed by atoms with Crippen LogP contribution in [0.15, 0.2) is 29.8 Å². The molecule has 1 heterocycles. The predicted octanol–water partition coefficient (Wildman–Crippen LogP) is 1.84. The lowest BCUT2D eigenvalue weighted by Gasteiger charge is -2.05. The summed E-state index contributed by atoms with van der Waals surface area (Å²) < 4.78 is 0. The molecule has 0 fully saturated rings. The van der Waals surface area contributed by atoms with E-state index >= 15 is 0 Å². The van der Waals surface area contributed by atoms with Crippen LogP contribution in [-0.2, 0) is 13.1 Å². The van der Waals surface area contributed by atoms with Crippen LogP contribution < -0.4 is 5.32 Å². The quantitative estimate of drug-likeness (QED) is 0.758. The van der Waals surface area contributed by atoms with Crippen LogP contribution in [0.2, 0.25) is 0 Å². The average Bonchev–Trinajstić information content (AvgIpc) is 2.74. The van der Waals surface area contributed by atoms with Gasteiger partial charge in [-0.05, 0) is 6.07 Å². The Morgan fingerprint density at radius 3 is 2.81 bits per heavy atom. The first-order chi connectivity index (χ1) is 7.75. The lowest BCUT2D eigenvalue weighted by atomic mass is 10.2. The summed E-state index contributed by atoms with van der Waals surface area (Å²) in [7, 11) is 0. The number of benzene rings is 1. The van der Waals surface area contributed by atoms with Crippen LogP contribution in [0.25, 0.3) is 0 Å². The molecule has 0 radical (unpaired) electrons. The van der Waals surface area contributed by atoms with Crippen molar-refractivity contribution in [2.75, 3.05) is 0 Å². The number of nitrogens with zero attached hydrogens (tertiary/aromatic N) is 1. The second-order valence-corrected chi connectivity index (χ2v) is 4.32. The molecular formula is C11H12N2O2S. The normalized spacial score (nSPS) is 10.5. The van der Waals surface area contributed by atoms with Gasteiger partial charge in [-0.25, -0.2) is 4.98 Å². The number of hydrogen-bond acceptors (Lipinski definition) is 5. The van der Waals surface area contributed by atoms with Crippen LogP contribution in [0.4, 0.5) is 0 Å². The van der Waals surface area contributed by atoms with E-state index in [9.17, 15) is 5.11 Å². The molecule has 0 bridgehead atoms. The topological polar surface area (TPSA) is 65.4 Å². The van der Waals surface area contributed by atoms with Gasteiger partial charge in [0, 0.05) is 36.3 Å². The molecule has 0 aliphatic rings. The minimum atomic E-state index is 0.0705. The molecule has 0 unspecified atom stereocenters. The Morgan fingerprint density at radius 2 is 2.12 bits per heavy atom. The molecule has 1 aromatic heterocycles.